The molecule has 1 atom stereocenters. The van der Waals surface area contributed by atoms with E-state index in [1.165, 1.54) is 12.8 Å². The van der Waals surface area contributed by atoms with Crippen LogP contribution < -0.4 is 14.8 Å². The number of fused-ring (bicyclic) bond motifs is 1. The van der Waals surface area contributed by atoms with Crippen molar-refractivity contribution in [1.29, 1.82) is 0 Å². The number of aryl methyl sites for hydroxylation is 1. The molecule has 1 aliphatic heterocycles. The number of carbonyl (C=O) groups excluding carboxylic acids is 1. The van der Waals surface area contributed by atoms with Gasteiger partial charge in [-0.25, -0.2) is 4.98 Å². The zero-order valence-corrected chi connectivity index (χ0v) is 23.5. The molecule has 2 aliphatic rings. The third-order valence-electron chi connectivity index (χ3n) is 7.67. The van der Waals surface area contributed by atoms with Gasteiger partial charge < -0.3 is 19.7 Å². The molecule has 3 heterocycles. The number of aromatic amines is 1. The van der Waals surface area contributed by atoms with Gasteiger partial charge in [0, 0.05) is 50.1 Å². The van der Waals surface area contributed by atoms with Crippen LogP contribution in [0.1, 0.15) is 31.2 Å². The van der Waals surface area contributed by atoms with Crippen LogP contribution in [0.2, 0.25) is 0 Å². The smallest absolute Gasteiger partial charge is 0.246 e. The number of pyridine rings is 1. The fourth-order valence-corrected chi connectivity index (χ4v) is 5.23. The number of likely N-dealkylation sites (N-methyl/N-ethyl adjacent to an activating group) is 1. The number of H-pyrrole nitrogens is 1. The molecular weight excluding hydrogens is 516 g/mol. The minimum absolute atomic E-state index is 0.0634. The predicted molar refractivity (Wildman–Crippen MR) is 160 cm³/mol. The Hall–Kier alpha value is -4.37. The first kappa shape index (κ1) is 26.8. The van der Waals surface area contributed by atoms with Crippen LogP contribution in [0.4, 0.5) is 5.82 Å². The Balaban J connectivity index is 1.13. The van der Waals surface area contributed by atoms with Gasteiger partial charge in [-0.2, -0.15) is 5.10 Å². The second-order valence-electron chi connectivity index (χ2n) is 10.9. The quantitative estimate of drug-likeness (QED) is 0.236. The normalized spacial score (nSPS) is 17.3. The molecule has 2 aromatic heterocycles. The Bertz CT molecular complexity index is 1530. The minimum atomic E-state index is 0.0634. The van der Waals surface area contributed by atoms with Crippen molar-refractivity contribution in [3.8, 4) is 23.0 Å². The van der Waals surface area contributed by atoms with Crippen molar-refractivity contribution in [2.45, 2.75) is 44.7 Å². The Morgan fingerprint density at radius 1 is 1.10 bits per heavy atom. The number of ether oxygens (including phenoxy) is 2. The van der Waals surface area contributed by atoms with Gasteiger partial charge in [0.15, 0.2) is 11.5 Å². The highest BCUT2D eigenvalue weighted by molar-refractivity contribution is 5.93. The molecule has 212 valence electrons. The van der Waals surface area contributed by atoms with Crippen molar-refractivity contribution in [2.24, 2.45) is 0 Å². The lowest BCUT2D eigenvalue weighted by Gasteiger charge is -2.32. The topological polar surface area (TPSA) is 95.6 Å². The molecule has 9 heteroatoms. The Kier molecular flexibility index (Phi) is 7.86. The Morgan fingerprint density at radius 2 is 1.95 bits per heavy atom. The summed E-state index contributed by atoms with van der Waals surface area (Å²) in [7, 11) is 2.12. The van der Waals surface area contributed by atoms with Gasteiger partial charge >= 0.3 is 0 Å². The first-order valence-electron chi connectivity index (χ1n) is 14.3. The lowest BCUT2D eigenvalue weighted by Crippen LogP contribution is -2.44. The molecular formula is C32H36N6O3. The molecule has 0 spiro atoms. The van der Waals surface area contributed by atoms with Crippen LogP contribution in [-0.2, 0) is 4.79 Å². The molecule has 1 saturated carbocycles. The summed E-state index contributed by atoms with van der Waals surface area (Å²) in [4.78, 5) is 21.5. The van der Waals surface area contributed by atoms with Gasteiger partial charge in [-0.1, -0.05) is 24.3 Å². The van der Waals surface area contributed by atoms with E-state index >= 15 is 0 Å². The molecule has 0 unspecified atom stereocenters. The summed E-state index contributed by atoms with van der Waals surface area (Å²) in [5.41, 5.74) is 1.58. The van der Waals surface area contributed by atoms with Crippen LogP contribution in [0.25, 0.3) is 11.0 Å². The molecule has 1 saturated heterocycles. The number of amides is 1. The SMILES string of the molecule is Cc1cc(Oc2ccccc2)ccc1Oc1ccnc2[nH]nc(N[C@@H]3CCCN(C(=O)/C=C/CN(C)C4CC4)C3)c12. The van der Waals surface area contributed by atoms with Crippen LogP contribution in [0.3, 0.4) is 0 Å². The summed E-state index contributed by atoms with van der Waals surface area (Å²) in [6.45, 7) is 4.18. The average Bonchev–Trinajstić information content (AvgIpc) is 3.76. The Labute approximate surface area is 240 Å². The van der Waals surface area contributed by atoms with Crippen LogP contribution in [0.15, 0.2) is 72.9 Å². The number of benzene rings is 2. The van der Waals surface area contributed by atoms with E-state index in [0.29, 0.717) is 29.8 Å². The molecule has 1 aliphatic carbocycles. The zero-order chi connectivity index (χ0) is 28.2. The summed E-state index contributed by atoms with van der Waals surface area (Å²) in [6, 6.07) is 18.1. The number of nitrogens with one attached hydrogen (secondary N) is 2. The van der Waals surface area contributed by atoms with Crippen molar-refractivity contribution in [2.75, 3.05) is 32.0 Å². The van der Waals surface area contributed by atoms with Crippen molar-refractivity contribution < 1.29 is 14.3 Å². The zero-order valence-electron chi connectivity index (χ0n) is 23.5. The molecule has 9 nitrogen and oxygen atoms in total. The maximum absolute atomic E-state index is 12.9. The average molecular weight is 553 g/mol. The number of aromatic nitrogens is 3. The van der Waals surface area contributed by atoms with E-state index < -0.39 is 0 Å². The number of hydrogen-bond acceptors (Lipinski definition) is 7. The number of carbonyl (C=O) groups is 1. The van der Waals surface area contributed by atoms with Gasteiger partial charge in [0.05, 0.1) is 0 Å². The second kappa shape index (κ2) is 12.0. The molecule has 41 heavy (non-hydrogen) atoms. The standard InChI is InChI=1S/C32H36N6O3/c1-22-20-26(40-25-9-4-3-5-10-25)14-15-27(22)41-28-16-17-33-31-30(28)32(36-35-31)34-23-8-6-19-38(21-23)29(39)11-7-18-37(2)24-12-13-24/h3-5,7,9-11,14-17,20,23-24H,6,8,12-13,18-19,21H2,1-2H3,(H2,33,34,35,36)/b11-7+/t23-/m1/s1. The van der Waals surface area contributed by atoms with Crippen LogP contribution in [-0.4, -0.2) is 69.7 Å². The van der Waals surface area contributed by atoms with Gasteiger partial charge in [0.2, 0.25) is 5.91 Å². The second-order valence-corrected chi connectivity index (χ2v) is 10.9. The molecule has 6 rings (SSSR count). The van der Waals surface area contributed by atoms with Crippen molar-refractivity contribution in [3.05, 3.63) is 78.5 Å². The fraction of sp³-hybridized carbons (Fsp3) is 0.344. The van der Waals surface area contributed by atoms with E-state index in [2.05, 4.69) is 32.4 Å². The summed E-state index contributed by atoms with van der Waals surface area (Å²) < 4.78 is 12.4. The van der Waals surface area contributed by atoms with E-state index in [9.17, 15) is 4.79 Å². The third kappa shape index (κ3) is 6.52. The van der Waals surface area contributed by atoms with E-state index in [1.54, 1.807) is 12.3 Å². The molecule has 4 aromatic rings. The summed E-state index contributed by atoms with van der Waals surface area (Å²) in [5.74, 6) is 3.63. The molecule has 0 radical (unpaired) electrons. The lowest BCUT2D eigenvalue weighted by molar-refractivity contribution is -0.127. The monoisotopic (exact) mass is 552 g/mol. The fourth-order valence-electron chi connectivity index (χ4n) is 5.23. The number of anilines is 1. The highest BCUT2D eigenvalue weighted by Gasteiger charge is 2.26. The van der Waals surface area contributed by atoms with Gasteiger partial charge in [-0.3, -0.25) is 14.8 Å². The van der Waals surface area contributed by atoms with E-state index in [-0.39, 0.29) is 11.9 Å². The van der Waals surface area contributed by atoms with Gasteiger partial charge in [0.25, 0.3) is 0 Å². The summed E-state index contributed by atoms with van der Waals surface area (Å²) in [5, 5.41) is 11.9. The maximum Gasteiger partial charge on any atom is 0.246 e. The van der Waals surface area contributed by atoms with Gasteiger partial charge in [0.1, 0.15) is 28.4 Å². The van der Waals surface area contributed by atoms with Gasteiger partial charge in [-0.15, -0.1) is 0 Å². The number of rotatable bonds is 10. The first-order chi connectivity index (χ1) is 20.0. The van der Waals surface area contributed by atoms with Crippen LogP contribution >= 0.6 is 0 Å². The number of likely N-dealkylation sites (tertiary alicyclic amines) is 1. The number of piperidine rings is 1. The predicted octanol–water partition coefficient (Wildman–Crippen LogP) is 5.90. The molecule has 1 amide bonds. The summed E-state index contributed by atoms with van der Waals surface area (Å²) in [6.07, 6.45) is 9.81. The molecule has 2 fully saturated rings. The third-order valence-corrected chi connectivity index (χ3v) is 7.67. The maximum atomic E-state index is 12.9. The number of nitrogens with zero attached hydrogens (tertiary/aromatic N) is 4. The highest BCUT2D eigenvalue weighted by atomic mass is 16.5. The highest BCUT2D eigenvalue weighted by Crippen LogP contribution is 2.36. The molecule has 0 bridgehead atoms. The summed E-state index contributed by atoms with van der Waals surface area (Å²) >= 11 is 0. The largest absolute Gasteiger partial charge is 0.457 e. The van der Waals surface area contributed by atoms with Crippen molar-refractivity contribution >= 4 is 22.8 Å². The van der Waals surface area contributed by atoms with Gasteiger partial charge in [-0.05, 0) is 75.5 Å². The number of hydrogen-bond donors (Lipinski definition) is 2. The molecule has 2 N–H and O–H groups in total. The van der Waals surface area contributed by atoms with E-state index in [4.69, 9.17) is 9.47 Å². The van der Waals surface area contributed by atoms with Crippen molar-refractivity contribution in [1.82, 2.24) is 25.0 Å². The first-order valence-corrected chi connectivity index (χ1v) is 14.3. The van der Waals surface area contributed by atoms with Crippen LogP contribution in [0.5, 0.6) is 23.0 Å². The Morgan fingerprint density at radius 3 is 2.76 bits per heavy atom. The van der Waals surface area contributed by atoms with Crippen LogP contribution in [0, 0.1) is 6.92 Å². The van der Waals surface area contributed by atoms with E-state index in [1.807, 2.05) is 72.5 Å². The van der Waals surface area contributed by atoms with Crippen molar-refractivity contribution in [3.63, 3.8) is 0 Å². The molecule has 2 aromatic carbocycles. The lowest BCUT2D eigenvalue weighted by atomic mass is 10.1. The minimum Gasteiger partial charge on any atom is -0.457 e. The van der Waals surface area contributed by atoms with E-state index in [0.717, 1.165) is 54.1 Å². The number of para-hydroxylation sites is 1.